The third-order valence-corrected chi connectivity index (χ3v) is 5.95. The lowest BCUT2D eigenvalue weighted by atomic mass is 10.1. The highest BCUT2D eigenvalue weighted by Gasteiger charge is 2.12. The van der Waals surface area contributed by atoms with Crippen LogP contribution in [0.1, 0.15) is 31.2 Å². The highest BCUT2D eigenvalue weighted by molar-refractivity contribution is 7.88. The van der Waals surface area contributed by atoms with Crippen molar-refractivity contribution < 1.29 is 17.9 Å². The van der Waals surface area contributed by atoms with Gasteiger partial charge in [-0.1, -0.05) is 18.6 Å². The first-order chi connectivity index (χ1) is 12.8. The number of benzene rings is 1. The number of nitrogens with zero attached hydrogens (tertiary/aromatic N) is 2. The van der Waals surface area contributed by atoms with E-state index in [4.69, 9.17) is 4.74 Å². The first-order valence-electron chi connectivity index (χ1n) is 9.47. The van der Waals surface area contributed by atoms with Gasteiger partial charge in [0.1, 0.15) is 5.75 Å². The molecule has 0 aliphatic carbocycles. The molecule has 1 N–H and O–H groups in total. The number of nitrogens with one attached hydrogen (secondary N) is 1. The third-order valence-electron chi connectivity index (χ3n) is 4.69. The average molecular weight is 398 g/mol. The Hall–Kier alpha value is -1.64. The molecule has 1 aliphatic rings. The molecule has 1 heterocycles. The second kappa shape index (κ2) is 10.6. The summed E-state index contributed by atoms with van der Waals surface area (Å²) in [6, 6.07) is 7.09. The number of sulfonamides is 1. The molecule has 0 bridgehead atoms. The number of hydrogen-bond acceptors (Lipinski definition) is 5. The molecule has 0 radical (unpaired) electrons. The summed E-state index contributed by atoms with van der Waals surface area (Å²) in [5.74, 6) is 0.457. The smallest absolute Gasteiger partial charge is 0.257 e. The topological polar surface area (TPSA) is 79.0 Å². The monoisotopic (exact) mass is 397 g/mol. The fourth-order valence-corrected chi connectivity index (χ4v) is 3.36. The van der Waals surface area contributed by atoms with Crippen LogP contribution < -0.4 is 10.1 Å². The van der Waals surface area contributed by atoms with Crippen LogP contribution in [-0.2, 0) is 21.4 Å². The van der Waals surface area contributed by atoms with E-state index in [-0.39, 0.29) is 12.5 Å². The van der Waals surface area contributed by atoms with Crippen molar-refractivity contribution in [2.24, 2.45) is 0 Å². The predicted molar refractivity (Wildman–Crippen MR) is 106 cm³/mol. The molecule has 27 heavy (non-hydrogen) atoms. The van der Waals surface area contributed by atoms with Gasteiger partial charge < -0.3 is 15.0 Å². The molecule has 1 amide bonds. The van der Waals surface area contributed by atoms with Gasteiger partial charge in [-0.05, 0) is 56.6 Å². The summed E-state index contributed by atoms with van der Waals surface area (Å²) < 4.78 is 29.6. The Morgan fingerprint density at radius 1 is 1.19 bits per heavy atom. The van der Waals surface area contributed by atoms with Gasteiger partial charge in [-0.3, -0.25) is 4.79 Å². The number of likely N-dealkylation sites (tertiary alicyclic amines) is 1. The summed E-state index contributed by atoms with van der Waals surface area (Å²) in [5.41, 5.74) is 0.859. The highest BCUT2D eigenvalue weighted by Crippen LogP contribution is 2.14. The molecule has 0 spiro atoms. The second-order valence-electron chi connectivity index (χ2n) is 7.06. The van der Waals surface area contributed by atoms with E-state index < -0.39 is 10.0 Å². The van der Waals surface area contributed by atoms with Crippen molar-refractivity contribution in [1.29, 1.82) is 0 Å². The summed E-state index contributed by atoms with van der Waals surface area (Å²) in [6.45, 7) is 4.32. The largest absolute Gasteiger partial charge is 0.484 e. The predicted octanol–water partition coefficient (Wildman–Crippen LogP) is 1.45. The van der Waals surface area contributed by atoms with Crippen LogP contribution in [0.3, 0.4) is 0 Å². The molecule has 1 saturated heterocycles. The number of carbonyl (C=O) groups excluding carboxylic acids is 1. The zero-order valence-electron chi connectivity index (χ0n) is 16.3. The minimum Gasteiger partial charge on any atom is -0.484 e. The number of carbonyl (C=O) groups is 1. The molecule has 0 saturated carbocycles. The Kier molecular flexibility index (Phi) is 8.53. The number of ether oxygens (including phenoxy) is 1. The van der Waals surface area contributed by atoms with Crippen LogP contribution in [0.25, 0.3) is 0 Å². The number of hydrogen-bond donors (Lipinski definition) is 1. The van der Waals surface area contributed by atoms with Gasteiger partial charge in [0.2, 0.25) is 10.0 Å². The third kappa shape index (κ3) is 8.28. The normalized spacial score (nSPS) is 15.7. The Balaban J connectivity index is 1.63. The highest BCUT2D eigenvalue weighted by atomic mass is 32.2. The van der Waals surface area contributed by atoms with Crippen LogP contribution in [0.15, 0.2) is 24.3 Å². The van der Waals surface area contributed by atoms with Crippen molar-refractivity contribution in [2.75, 3.05) is 46.1 Å². The summed E-state index contributed by atoms with van der Waals surface area (Å²) in [7, 11) is -1.67. The molecule has 0 aromatic heterocycles. The summed E-state index contributed by atoms with van der Waals surface area (Å²) in [5, 5.41) is 2.88. The van der Waals surface area contributed by atoms with E-state index in [0.29, 0.717) is 18.8 Å². The number of piperidine rings is 1. The van der Waals surface area contributed by atoms with E-state index in [0.717, 1.165) is 18.5 Å². The van der Waals surface area contributed by atoms with Gasteiger partial charge in [0.15, 0.2) is 6.61 Å². The van der Waals surface area contributed by atoms with Crippen molar-refractivity contribution in [3.05, 3.63) is 29.8 Å². The molecule has 7 nitrogen and oxygen atoms in total. The standard InChI is InChI=1S/C19H31N3O4S/c1-21(27(2,24)25)15-17-7-9-18(10-8-17)26-16-19(23)20-11-6-14-22-12-4-3-5-13-22/h7-10H,3-6,11-16H2,1-2H3,(H,20,23). The molecule has 1 fully saturated rings. The Bertz CT molecular complexity index is 685. The van der Waals surface area contributed by atoms with Crippen LogP contribution in [-0.4, -0.2) is 69.6 Å². The lowest BCUT2D eigenvalue weighted by Crippen LogP contribution is -2.34. The quantitative estimate of drug-likeness (QED) is 0.605. The molecule has 1 aromatic rings. The van der Waals surface area contributed by atoms with Gasteiger partial charge in [-0.15, -0.1) is 0 Å². The van der Waals surface area contributed by atoms with Gasteiger partial charge in [-0.25, -0.2) is 12.7 Å². The van der Waals surface area contributed by atoms with Crippen LogP contribution in [0.5, 0.6) is 5.75 Å². The van der Waals surface area contributed by atoms with Crippen LogP contribution in [0.2, 0.25) is 0 Å². The van der Waals surface area contributed by atoms with Gasteiger partial charge in [0, 0.05) is 20.1 Å². The summed E-state index contributed by atoms with van der Waals surface area (Å²) in [6.07, 6.45) is 6.02. The van der Waals surface area contributed by atoms with E-state index in [1.54, 1.807) is 24.3 Å². The molecule has 0 unspecified atom stereocenters. The molecule has 152 valence electrons. The maximum Gasteiger partial charge on any atom is 0.257 e. The first-order valence-corrected chi connectivity index (χ1v) is 11.3. The molecule has 1 aliphatic heterocycles. The SMILES string of the molecule is CN(Cc1ccc(OCC(=O)NCCCN2CCCCC2)cc1)S(C)(=O)=O. The second-order valence-corrected chi connectivity index (χ2v) is 9.15. The number of rotatable bonds is 10. The average Bonchev–Trinajstić information content (AvgIpc) is 2.65. The Labute approximate surface area is 162 Å². The fraction of sp³-hybridized carbons (Fsp3) is 0.632. The zero-order valence-corrected chi connectivity index (χ0v) is 17.1. The van der Waals surface area contributed by atoms with Crippen LogP contribution in [0.4, 0.5) is 0 Å². The van der Waals surface area contributed by atoms with Crippen molar-refractivity contribution in [3.8, 4) is 5.75 Å². The lowest BCUT2D eigenvalue weighted by Gasteiger charge is -2.26. The Morgan fingerprint density at radius 2 is 1.85 bits per heavy atom. The van der Waals surface area contributed by atoms with E-state index in [2.05, 4.69) is 10.2 Å². The number of amides is 1. The van der Waals surface area contributed by atoms with Crippen molar-refractivity contribution in [2.45, 2.75) is 32.2 Å². The van der Waals surface area contributed by atoms with Crippen molar-refractivity contribution in [3.63, 3.8) is 0 Å². The lowest BCUT2D eigenvalue weighted by molar-refractivity contribution is -0.123. The Morgan fingerprint density at radius 3 is 2.48 bits per heavy atom. The van der Waals surface area contributed by atoms with E-state index in [1.165, 1.54) is 50.0 Å². The van der Waals surface area contributed by atoms with Crippen LogP contribution in [0, 0.1) is 0 Å². The van der Waals surface area contributed by atoms with Crippen molar-refractivity contribution in [1.82, 2.24) is 14.5 Å². The van der Waals surface area contributed by atoms with E-state index in [1.807, 2.05) is 0 Å². The minimum atomic E-state index is -3.21. The minimum absolute atomic E-state index is 0.0215. The van der Waals surface area contributed by atoms with Gasteiger partial charge >= 0.3 is 0 Å². The molecule has 1 aromatic carbocycles. The molecule has 8 heteroatoms. The van der Waals surface area contributed by atoms with Gasteiger partial charge in [0.25, 0.3) is 5.91 Å². The molecular weight excluding hydrogens is 366 g/mol. The zero-order chi connectivity index (χ0) is 19.7. The van der Waals surface area contributed by atoms with E-state index in [9.17, 15) is 13.2 Å². The maximum atomic E-state index is 11.9. The molecule has 0 atom stereocenters. The maximum absolute atomic E-state index is 11.9. The fourth-order valence-electron chi connectivity index (χ4n) is 2.98. The first kappa shape index (κ1) is 21.7. The van der Waals surface area contributed by atoms with Crippen molar-refractivity contribution >= 4 is 15.9 Å². The summed E-state index contributed by atoms with van der Waals surface area (Å²) in [4.78, 5) is 14.3. The van der Waals surface area contributed by atoms with Gasteiger partial charge in [-0.2, -0.15) is 0 Å². The van der Waals surface area contributed by atoms with Gasteiger partial charge in [0.05, 0.1) is 6.26 Å². The molecular formula is C19H31N3O4S. The van der Waals surface area contributed by atoms with Crippen LogP contribution >= 0.6 is 0 Å². The van der Waals surface area contributed by atoms with E-state index >= 15 is 0 Å². The summed E-state index contributed by atoms with van der Waals surface area (Å²) >= 11 is 0. The molecule has 2 rings (SSSR count).